The molecule has 0 spiro atoms. The molecule has 0 amide bonds. The average Bonchev–Trinajstić information content (AvgIpc) is 3.22. The van der Waals surface area contributed by atoms with Crippen LogP contribution < -0.4 is 0 Å². The van der Waals surface area contributed by atoms with Gasteiger partial charge in [0.2, 0.25) is 0 Å². The van der Waals surface area contributed by atoms with Gasteiger partial charge in [0.1, 0.15) is 6.07 Å². The first kappa shape index (κ1) is 27.1. The van der Waals surface area contributed by atoms with Crippen molar-refractivity contribution in [2.75, 3.05) is 13.2 Å². The fraction of sp³-hybridized carbons (Fsp3) is 0.633. The summed E-state index contributed by atoms with van der Waals surface area (Å²) >= 11 is 0. The molecule has 1 aliphatic heterocycles. The zero-order valence-electron chi connectivity index (χ0n) is 21.6. The second-order valence-corrected chi connectivity index (χ2v) is 11.4. The summed E-state index contributed by atoms with van der Waals surface area (Å²) in [5.41, 5.74) is 2.22. The minimum atomic E-state index is -0.760. The molecule has 5 heteroatoms. The van der Waals surface area contributed by atoms with Crippen LogP contribution in [0.2, 0.25) is 0 Å². The lowest BCUT2D eigenvalue weighted by Crippen LogP contribution is -2.19. The summed E-state index contributed by atoms with van der Waals surface area (Å²) in [6, 6.07) is 10.3. The Morgan fingerprint density at radius 2 is 1.97 bits per heavy atom. The number of nitriles is 1. The van der Waals surface area contributed by atoms with Gasteiger partial charge in [-0.2, -0.15) is 5.26 Å². The molecule has 0 aromatic heterocycles. The number of carboxylic acids is 1. The standard InChI is InChI=1S/C30H41NO4/c1-21-7-6-9-24(15-21)26-16-23(17-27(26)29(33)34)10-11-28(32)25(20-31)19-30(2,3)18-22-8-4-5-13-35-14-12-22/h6-7,9,15,19,22-23,26-27H,4-5,8,10-14,16-18H2,1-3H3,(H,33,34)/b25-19+/t22?,23?,26-,27+/m0/s1. The number of rotatable bonds is 9. The van der Waals surface area contributed by atoms with E-state index in [-0.39, 0.29) is 28.6 Å². The number of carbonyl (C=O) groups excluding carboxylic acids is 1. The van der Waals surface area contributed by atoms with Gasteiger partial charge < -0.3 is 9.84 Å². The van der Waals surface area contributed by atoms with Gasteiger partial charge in [-0.15, -0.1) is 0 Å². The first-order valence-electron chi connectivity index (χ1n) is 13.2. The molecule has 2 aliphatic rings. The van der Waals surface area contributed by atoms with E-state index in [0.29, 0.717) is 25.2 Å². The van der Waals surface area contributed by atoms with Crippen molar-refractivity contribution in [3.63, 3.8) is 0 Å². The van der Waals surface area contributed by atoms with Gasteiger partial charge >= 0.3 is 5.97 Å². The zero-order chi connectivity index (χ0) is 25.4. The Kier molecular flexibility index (Phi) is 9.69. The van der Waals surface area contributed by atoms with Crippen LogP contribution in [0.15, 0.2) is 35.9 Å². The lowest BCUT2D eigenvalue weighted by Gasteiger charge is -2.28. The van der Waals surface area contributed by atoms with Gasteiger partial charge in [0.15, 0.2) is 5.78 Å². The van der Waals surface area contributed by atoms with Crippen molar-refractivity contribution in [3.05, 3.63) is 47.0 Å². The Morgan fingerprint density at radius 1 is 1.17 bits per heavy atom. The number of nitrogens with zero attached hydrogens (tertiary/aromatic N) is 1. The highest BCUT2D eigenvalue weighted by Gasteiger charge is 2.39. The fourth-order valence-electron chi connectivity index (χ4n) is 6.10. The molecule has 1 N–H and O–H groups in total. The molecule has 0 radical (unpaired) electrons. The molecule has 0 bridgehead atoms. The minimum absolute atomic E-state index is 0.0230. The Balaban J connectivity index is 1.60. The van der Waals surface area contributed by atoms with Crippen molar-refractivity contribution >= 4 is 11.8 Å². The van der Waals surface area contributed by atoms with Crippen LogP contribution in [0.5, 0.6) is 0 Å². The first-order valence-corrected chi connectivity index (χ1v) is 13.2. The van der Waals surface area contributed by atoms with Crippen molar-refractivity contribution in [2.45, 2.75) is 84.5 Å². The van der Waals surface area contributed by atoms with Crippen molar-refractivity contribution < 1.29 is 19.4 Å². The Morgan fingerprint density at radius 3 is 2.69 bits per heavy atom. The zero-order valence-corrected chi connectivity index (χ0v) is 21.6. The molecule has 1 aromatic carbocycles. The van der Waals surface area contributed by atoms with E-state index < -0.39 is 11.9 Å². The van der Waals surface area contributed by atoms with Gasteiger partial charge in [-0.25, -0.2) is 0 Å². The molecule has 35 heavy (non-hydrogen) atoms. The van der Waals surface area contributed by atoms with E-state index in [9.17, 15) is 20.0 Å². The average molecular weight is 480 g/mol. The van der Waals surface area contributed by atoms with Gasteiger partial charge in [0.25, 0.3) is 0 Å². The molecule has 3 rings (SSSR count). The lowest BCUT2D eigenvalue weighted by molar-refractivity contribution is -0.142. The molecule has 190 valence electrons. The summed E-state index contributed by atoms with van der Waals surface area (Å²) < 4.78 is 5.65. The highest BCUT2D eigenvalue weighted by atomic mass is 16.5. The molecule has 1 saturated carbocycles. The van der Waals surface area contributed by atoms with Crippen LogP contribution in [0.4, 0.5) is 0 Å². The van der Waals surface area contributed by atoms with E-state index in [2.05, 4.69) is 26.0 Å². The number of carbonyl (C=O) groups is 2. The molecule has 1 aromatic rings. The molecule has 4 atom stereocenters. The number of ketones is 1. The molecule has 2 fully saturated rings. The molecular formula is C30H41NO4. The van der Waals surface area contributed by atoms with Crippen LogP contribution in [0.25, 0.3) is 0 Å². The van der Waals surface area contributed by atoms with Crippen LogP contribution in [0.1, 0.15) is 88.7 Å². The predicted octanol–water partition coefficient (Wildman–Crippen LogP) is 6.61. The highest BCUT2D eigenvalue weighted by molar-refractivity contribution is 5.99. The summed E-state index contributed by atoms with van der Waals surface area (Å²) in [6.45, 7) is 7.88. The maximum atomic E-state index is 13.0. The number of ether oxygens (including phenoxy) is 1. The summed E-state index contributed by atoms with van der Waals surface area (Å²) in [7, 11) is 0. The van der Waals surface area contributed by atoms with Crippen LogP contribution in [-0.4, -0.2) is 30.1 Å². The number of aliphatic carboxylic acids is 1. The number of allylic oxidation sites excluding steroid dienone is 2. The van der Waals surface area contributed by atoms with Crippen LogP contribution >= 0.6 is 0 Å². The normalized spacial score (nSPS) is 25.9. The van der Waals surface area contributed by atoms with Crippen LogP contribution in [0, 0.1) is 41.4 Å². The number of aryl methyl sites for hydroxylation is 1. The summed E-state index contributed by atoms with van der Waals surface area (Å²) in [5.74, 6) is -0.605. The number of Topliss-reactive ketones (excluding diaryl/α,β-unsaturated/α-hetero) is 1. The minimum Gasteiger partial charge on any atom is -0.481 e. The molecule has 5 nitrogen and oxygen atoms in total. The number of carboxylic acid groups (broad SMARTS) is 1. The SMILES string of the molecule is Cc1cccc([C@@H]2CC(CCC(=O)/C(C#N)=C/C(C)(C)CC3CCCCOCC3)C[C@H]2C(=O)O)c1. The van der Waals surface area contributed by atoms with Crippen molar-refractivity contribution in [1.82, 2.24) is 0 Å². The number of benzene rings is 1. The summed E-state index contributed by atoms with van der Waals surface area (Å²) in [5, 5.41) is 19.5. The Labute approximate surface area is 210 Å². The largest absolute Gasteiger partial charge is 0.481 e. The van der Waals surface area contributed by atoms with E-state index in [4.69, 9.17) is 4.74 Å². The van der Waals surface area contributed by atoms with Crippen LogP contribution in [-0.2, 0) is 14.3 Å². The van der Waals surface area contributed by atoms with E-state index in [1.807, 2.05) is 31.2 Å². The van der Waals surface area contributed by atoms with Gasteiger partial charge in [0.05, 0.1) is 11.5 Å². The highest BCUT2D eigenvalue weighted by Crippen LogP contribution is 2.45. The number of hydrogen-bond acceptors (Lipinski definition) is 4. The quantitative estimate of drug-likeness (QED) is 0.318. The van der Waals surface area contributed by atoms with E-state index in [1.54, 1.807) is 0 Å². The monoisotopic (exact) mass is 479 g/mol. The van der Waals surface area contributed by atoms with Crippen LogP contribution in [0.3, 0.4) is 0 Å². The van der Waals surface area contributed by atoms with E-state index in [0.717, 1.165) is 56.4 Å². The van der Waals surface area contributed by atoms with E-state index in [1.165, 1.54) is 6.42 Å². The van der Waals surface area contributed by atoms with Crippen molar-refractivity contribution in [1.29, 1.82) is 5.26 Å². The van der Waals surface area contributed by atoms with Gasteiger partial charge in [-0.1, -0.05) is 62.6 Å². The molecule has 1 aliphatic carbocycles. The summed E-state index contributed by atoms with van der Waals surface area (Å²) in [4.78, 5) is 24.9. The number of hydrogen-bond donors (Lipinski definition) is 1. The summed E-state index contributed by atoms with van der Waals surface area (Å²) in [6.07, 6.45) is 9.56. The predicted molar refractivity (Wildman–Crippen MR) is 137 cm³/mol. The third-order valence-corrected chi connectivity index (χ3v) is 7.82. The van der Waals surface area contributed by atoms with Crippen molar-refractivity contribution in [3.8, 4) is 6.07 Å². The van der Waals surface area contributed by atoms with Gasteiger partial charge in [0, 0.05) is 19.6 Å². The molecule has 1 heterocycles. The first-order chi connectivity index (χ1) is 16.7. The smallest absolute Gasteiger partial charge is 0.307 e. The van der Waals surface area contributed by atoms with Gasteiger partial charge in [-0.05, 0) is 74.2 Å². The lowest BCUT2D eigenvalue weighted by atomic mass is 9.78. The topological polar surface area (TPSA) is 87.4 Å². The molecular weight excluding hydrogens is 438 g/mol. The Hall–Kier alpha value is -2.45. The Bertz CT molecular complexity index is 949. The maximum Gasteiger partial charge on any atom is 0.307 e. The fourth-order valence-corrected chi connectivity index (χ4v) is 6.10. The third-order valence-electron chi connectivity index (χ3n) is 7.82. The molecule has 2 unspecified atom stereocenters. The second-order valence-electron chi connectivity index (χ2n) is 11.4. The second kappa shape index (κ2) is 12.5. The van der Waals surface area contributed by atoms with E-state index >= 15 is 0 Å². The molecule has 1 saturated heterocycles. The van der Waals surface area contributed by atoms with Crippen molar-refractivity contribution in [2.24, 2.45) is 23.2 Å². The van der Waals surface area contributed by atoms with Gasteiger partial charge in [-0.3, -0.25) is 9.59 Å². The third kappa shape index (κ3) is 8.04. The maximum absolute atomic E-state index is 13.0.